The third-order valence-corrected chi connectivity index (χ3v) is 5.28. The van der Waals surface area contributed by atoms with E-state index in [1.807, 2.05) is 9.80 Å². The Morgan fingerprint density at radius 3 is 2.52 bits per heavy atom. The van der Waals surface area contributed by atoms with E-state index in [4.69, 9.17) is 28.6 Å². The Morgan fingerprint density at radius 2 is 1.86 bits per heavy atom. The van der Waals surface area contributed by atoms with Crippen LogP contribution in [-0.4, -0.2) is 54.1 Å². The first kappa shape index (κ1) is 20.8. The molecule has 2 aromatic rings. The molecule has 1 amide bonds. The van der Waals surface area contributed by atoms with Gasteiger partial charge >= 0.3 is 0 Å². The molecular weight excluding hydrogens is 416 g/mol. The van der Waals surface area contributed by atoms with E-state index < -0.39 is 4.92 Å². The number of benzene rings is 2. The van der Waals surface area contributed by atoms with Crippen molar-refractivity contribution in [3.8, 4) is 5.75 Å². The summed E-state index contributed by atoms with van der Waals surface area (Å²) in [4.78, 5) is 27.1. The van der Waals surface area contributed by atoms with E-state index in [-0.39, 0.29) is 11.6 Å². The van der Waals surface area contributed by atoms with Crippen LogP contribution >= 0.6 is 23.8 Å². The van der Waals surface area contributed by atoms with Crippen LogP contribution < -0.4 is 15.0 Å². The highest BCUT2D eigenvalue weighted by Crippen LogP contribution is 2.35. The van der Waals surface area contributed by atoms with E-state index in [0.29, 0.717) is 53.3 Å². The van der Waals surface area contributed by atoms with Crippen molar-refractivity contribution in [3.05, 3.63) is 63.2 Å². The van der Waals surface area contributed by atoms with Crippen LogP contribution in [0.3, 0.4) is 0 Å². The Kier molecular flexibility index (Phi) is 6.50. The van der Waals surface area contributed by atoms with Gasteiger partial charge in [-0.25, -0.2) is 0 Å². The molecule has 0 atom stereocenters. The number of nitrogens with zero attached hydrogens (tertiary/aromatic N) is 3. The van der Waals surface area contributed by atoms with E-state index in [2.05, 4.69) is 5.32 Å². The average molecular weight is 435 g/mol. The summed E-state index contributed by atoms with van der Waals surface area (Å²) in [6.07, 6.45) is 0. The molecule has 0 saturated carbocycles. The SMILES string of the molecule is COc1ccccc1C(=O)NC(=S)N1CCN(c2c(Cl)cccc2[N+](=O)[O-])CC1. The Labute approximate surface area is 178 Å². The molecule has 1 fully saturated rings. The van der Waals surface area contributed by atoms with Crippen LogP contribution in [0.4, 0.5) is 11.4 Å². The molecule has 10 heteroatoms. The zero-order chi connectivity index (χ0) is 21.0. The van der Waals surface area contributed by atoms with Gasteiger partial charge in [-0.3, -0.25) is 20.2 Å². The molecule has 1 aliphatic heterocycles. The lowest BCUT2D eigenvalue weighted by molar-refractivity contribution is -0.384. The van der Waals surface area contributed by atoms with Gasteiger partial charge in [-0.2, -0.15) is 0 Å². The van der Waals surface area contributed by atoms with Crippen molar-refractivity contribution in [2.24, 2.45) is 0 Å². The minimum atomic E-state index is -0.439. The second kappa shape index (κ2) is 9.06. The number of amides is 1. The molecule has 1 heterocycles. The van der Waals surface area contributed by atoms with Gasteiger partial charge in [-0.1, -0.05) is 29.8 Å². The van der Waals surface area contributed by atoms with Crippen molar-refractivity contribution in [1.82, 2.24) is 10.2 Å². The van der Waals surface area contributed by atoms with Crippen LogP contribution in [0.1, 0.15) is 10.4 Å². The summed E-state index contributed by atoms with van der Waals surface area (Å²) in [6.45, 7) is 1.95. The lowest BCUT2D eigenvalue weighted by atomic mass is 10.2. The lowest BCUT2D eigenvalue weighted by Gasteiger charge is -2.37. The molecule has 2 aromatic carbocycles. The Balaban J connectivity index is 1.65. The number of nitrogens with one attached hydrogen (secondary N) is 1. The minimum Gasteiger partial charge on any atom is -0.496 e. The number of anilines is 1. The largest absolute Gasteiger partial charge is 0.496 e. The standard InChI is InChI=1S/C19H19ClN4O4S/c1-28-16-8-3-2-5-13(16)18(25)21-19(29)23-11-9-22(10-12-23)17-14(20)6-4-7-15(17)24(26)27/h2-8H,9-12H2,1H3,(H,21,25,29). The third-order valence-electron chi connectivity index (χ3n) is 4.62. The summed E-state index contributed by atoms with van der Waals surface area (Å²) < 4.78 is 5.21. The third kappa shape index (κ3) is 4.57. The zero-order valence-electron chi connectivity index (χ0n) is 15.6. The first-order chi connectivity index (χ1) is 13.9. The van der Waals surface area contributed by atoms with Gasteiger partial charge in [0.1, 0.15) is 11.4 Å². The predicted molar refractivity (Wildman–Crippen MR) is 115 cm³/mol. The number of para-hydroxylation sites is 2. The molecule has 1 N–H and O–H groups in total. The van der Waals surface area contributed by atoms with Gasteiger partial charge in [-0.05, 0) is 30.4 Å². The van der Waals surface area contributed by atoms with Gasteiger partial charge in [0.25, 0.3) is 11.6 Å². The lowest BCUT2D eigenvalue weighted by Crippen LogP contribution is -2.52. The van der Waals surface area contributed by atoms with Gasteiger partial charge in [0.2, 0.25) is 0 Å². The molecule has 8 nitrogen and oxygen atoms in total. The summed E-state index contributed by atoms with van der Waals surface area (Å²) in [5.74, 6) is 0.111. The number of rotatable bonds is 4. The fraction of sp³-hybridized carbons (Fsp3) is 0.263. The fourth-order valence-corrected chi connectivity index (χ4v) is 3.74. The molecule has 0 spiro atoms. The molecule has 0 aliphatic carbocycles. The maximum Gasteiger partial charge on any atom is 0.294 e. The summed E-state index contributed by atoms with van der Waals surface area (Å²) in [6, 6.07) is 11.5. The van der Waals surface area contributed by atoms with Crippen LogP contribution in [0.25, 0.3) is 0 Å². The number of ether oxygens (including phenoxy) is 1. The number of thiocarbonyl (C=S) groups is 1. The number of piperazine rings is 1. The molecule has 3 rings (SSSR count). The van der Waals surface area contributed by atoms with E-state index in [0.717, 1.165) is 0 Å². The van der Waals surface area contributed by atoms with Crippen molar-refractivity contribution < 1.29 is 14.5 Å². The minimum absolute atomic E-state index is 0.0296. The highest BCUT2D eigenvalue weighted by molar-refractivity contribution is 7.80. The maximum atomic E-state index is 12.5. The topological polar surface area (TPSA) is 88.0 Å². The number of nitro groups is 1. The summed E-state index contributed by atoms with van der Waals surface area (Å²) >= 11 is 11.6. The Bertz CT molecular complexity index is 948. The maximum absolute atomic E-state index is 12.5. The van der Waals surface area contributed by atoms with E-state index in [1.54, 1.807) is 36.4 Å². The summed E-state index contributed by atoms with van der Waals surface area (Å²) in [5, 5.41) is 14.7. The predicted octanol–water partition coefficient (Wildman–Crippen LogP) is 3.09. The molecule has 0 bridgehead atoms. The van der Waals surface area contributed by atoms with Crippen molar-refractivity contribution in [1.29, 1.82) is 0 Å². The van der Waals surface area contributed by atoms with Crippen LogP contribution in [0.2, 0.25) is 5.02 Å². The molecule has 0 aromatic heterocycles. The van der Waals surface area contributed by atoms with Crippen LogP contribution in [0.15, 0.2) is 42.5 Å². The number of hydrogen-bond acceptors (Lipinski definition) is 6. The van der Waals surface area contributed by atoms with Gasteiger partial charge < -0.3 is 14.5 Å². The van der Waals surface area contributed by atoms with Crippen molar-refractivity contribution in [2.75, 3.05) is 38.2 Å². The highest BCUT2D eigenvalue weighted by atomic mass is 35.5. The molecule has 152 valence electrons. The van der Waals surface area contributed by atoms with E-state index in [9.17, 15) is 14.9 Å². The van der Waals surface area contributed by atoms with Gasteiger partial charge in [0, 0.05) is 32.2 Å². The molecule has 0 radical (unpaired) electrons. The van der Waals surface area contributed by atoms with Crippen molar-refractivity contribution in [3.63, 3.8) is 0 Å². The second-order valence-corrected chi connectivity index (χ2v) is 7.09. The number of carbonyl (C=O) groups excluding carboxylic acids is 1. The van der Waals surface area contributed by atoms with Crippen LogP contribution in [0, 0.1) is 10.1 Å². The van der Waals surface area contributed by atoms with E-state index in [1.165, 1.54) is 13.2 Å². The Hall–Kier alpha value is -2.91. The number of nitro benzene ring substituents is 1. The van der Waals surface area contributed by atoms with Gasteiger partial charge in [-0.15, -0.1) is 0 Å². The van der Waals surface area contributed by atoms with Crippen molar-refractivity contribution in [2.45, 2.75) is 0 Å². The number of hydrogen-bond donors (Lipinski definition) is 1. The molecule has 0 unspecified atom stereocenters. The number of methoxy groups -OCH3 is 1. The number of halogens is 1. The van der Waals surface area contributed by atoms with Gasteiger partial charge in [0.15, 0.2) is 5.11 Å². The van der Waals surface area contributed by atoms with Crippen molar-refractivity contribution >= 4 is 46.2 Å². The molecule has 1 saturated heterocycles. The first-order valence-corrected chi connectivity index (χ1v) is 9.62. The zero-order valence-corrected chi connectivity index (χ0v) is 17.2. The Morgan fingerprint density at radius 1 is 1.17 bits per heavy atom. The summed E-state index contributed by atoms with van der Waals surface area (Å²) in [5.41, 5.74) is 0.767. The fourth-order valence-electron chi connectivity index (χ4n) is 3.17. The molecular formula is C19H19ClN4O4S. The first-order valence-electron chi connectivity index (χ1n) is 8.83. The second-order valence-electron chi connectivity index (χ2n) is 6.30. The highest BCUT2D eigenvalue weighted by Gasteiger charge is 2.27. The average Bonchev–Trinajstić information content (AvgIpc) is 2.73. The van der Waals surface area contributed by atoms with E-state index >= 15 is 0 Å². The normalized spacial score (nSPS) is 13.7. The monoisotopic (exact) mass is 434 g/mol. The number of carbonyl (C=O) groups is 1. The summed E-state index contributed by atoms with van der Waals surface area (Å²) in [7, 11) is 1.50. The van der Waals surface area contributed by atoms with Crippen LogP contribution in [-0.2, 0) is 0 Å². The smallest absolute Gasteiger partial charge is 0.294 e. The molecule has 1 aliphatic rings. The molecule has 29 heavy (non-hydrogen) atoms. The quantitative estimate of drug-likeness (QED) is 0.449. The van der Waals surface area contributed by atoms with Gasteiger partial charge in [0.05, 0.1) is 22.6 Å². The van der Waals surface area contributed by atoms with Crippen LogP contribution in [0.5, 0.6) is 5.75 Å².